The van der Waals surface area contributed by atoms with Crippen molar-refractivity contribution in [1.29, 1.82) is 0 Å². The molecule has 1 atom stereocenters. The van der Waals surface area contributed by atoms with Crippen molar-refractivity contribution in [2.45, 2.75) is 35.7 Å². The molecule has 0 fully saturated rings. The molecule has 7 nitrogen and oxygen atoms in total. The first-order chi connectivity index (χ1) is 18.5. The second kappa shape index (κ2) is 14.0. The number of ether oxygens (including phenoxy) is 1. The maximum atomic E-state index is 13.0. The molecule has 1 aliphatic heterocycles. The number of hydrogen-bond acceptors (Lipinski definition) is 6. The molecule has 0 saturated carbocycles. The van der Waals surface area contributed by atoms with Crippen molar-refractivity contribution in [3.8, 4) is 0 Å². The summed E-state index contributed by atoms with van der Waals surface area (Å²) in [5.74, 6) is -0.153. The maximum absolute atomic E-state index is 13.0. The first kappa shape index (κ1) is 27.7. The Morgan fingerprint density at radius 3 is 2.18 bits per heavy atom. The number of carbonyl (C=O) groups is 2. The second-order valence-electron chi connectivity index (χ2n) is 9.27. The van der Waals surface area contributed by atoms with Gasteiger partial charge in [-0.1, -0.05) is 66.4 Å². The SMILES string of the molecule is CC(=O)NCCC(C(=O)NCc1ccccc1)N(C)CCOCCN1c2ccccc2Sc2ccccc21. The van der Waals surface area contributed by atoms with E-state index < -0.39 is 0 Å². The van der Waals surface area contributed by atoms with Gasteiger partial charge in [-0.2, -0.15) is 0 Å². The molecule has 0 aromatic heterocycles. The summed E-state index contributed by atoms with van der Waals surface area (Å²) in [7, 11) is 1.93. The van der Waals surface area contributed by atoms with E-state index in [2.05, 4.69) is 64.1 Å². The van der Waals surface area contributed by atoms with Crippen LogP contribution in [0.2, 0.25) is 0 Å². The Kier molecular flexibility index (Phi) is 10.2. The van der Waals surface area contributed by atoms with E-state index in [-0.39, 0.29) is 17.9 Å². The van der Waals surface area contributed by atoms with Gasteiger partial charge in [0.2, 0.25) is 11.8 Å². The first-order valence-corrected chi connectivity index (χ1v) is 13.8. The van der Waals surface area contributed by atoms with Crippen LogP contribution >= 0.6 is 11.8 Å². The highest BCUT2D eigenvalue weighted by Gasteiger charge is 2.24. The Bertz CT molecular complexity index is 1160. The smallest absolute Gasteiger partial charge is 0.237 e. The van der Waals surface area contributed by atoms with Crippen molar-refractivity contribution in [3.63, 3.8) is 0 Å². The summed E-state index contributed by atoms with van der Waals surface area (Å²) in [4.78, 5) is 31.2. The van der Waals surface area contributed by atoms with Crippen LogP contribution in [0.4, 0.5) is 11.4 Å². The van der Waals surface area contributed by atoms with Crippen LogP contribution in [0.15, 0.2) is 88.7 Å². The van der Waals surface area contributed by atoms with E-state index in [4.69, 9.17) is 4.74 Å². The topological polar surface area (TPSA) is 73.9 Å². The number of anilines is 2. The molecule has 38 heavy (non-hydrogen) atoms. The Labute approximate surface area is 229 Å². The van der Waals surface area contributed by atoms with Crippen molar-refractivity contribution in [2.75, 3.05) is 44.8 Å². The number of nitrogens with one attached hydrogen (secondary N) is 2. The summed E-state index contributed by atoms with van der Waals surface area (Å²) in [5.41, 5.74) is 3.45. The van der Waals surface area contributed by atoms with E-state index in [0.717, 1.165) is 12.1 Å². The molecule has 2 N–H and O–H groups in total. The Hall–Kier alpha value is -3.33. The maximum Gasteiger partial charge on any atom is 0.237 e. The number of likely N-dealkylation sites (N-methyl/N-ethyl adjacent to an activating group) is 1. The van der Waals surface area contributed by atoms with Gasteiger partial charge in [-0.15, -0.1) is 0 Å². The first-order valence-electron chi connectivity index (χ1n) is 13.0. The van der Waals surface area contributed by atoms with Gasteiger partial charge >= 0.3 is 0 Å². The number of fused-ring (bicyclic) bond motifs is 2. The Morgan fingerprint density at radius 1 is 0.895 bits per heavy atom. The van der Waals surface area contributed by atoms with Gasteiger partial charge in [-0.25, -0.2) is 0 Å². The molecule has 0 bridgehead atoms. The number of amides is 2. The third-order valence-corrected chi connectivity index (χ3v) is 7.65. The van der Waals surface area contributed by atoms with E-state index in [1.54, 1.807) is 11.8 Å². The minimum absolute atomic E-state index is 0.0549. The highest BCUT2D eigenvalue weighted by molar-refractivity contribution is 7.99. The molecule has 3 aromatic carbocycles. The fourth-order valence-electron chi connectivity index (χ4n) is 4.48. The molecule has 0 saturated heterocycles. The summed E-state index contributed by atoms with van der Waals surface area (Å²) in [6.45, 7) is 4.81. The largest absolute Gasteiger partial charge is 0.378 e. The number of nitrogens with zero attached hydrogens (tertiary/aromatic N) is 2. The summed E-state index contributed by atoms with van der Waals surface area (Å²) in [6.07, 6.45) is 0.524. The minimum atomic E-state index is -0.368. The molecule has 0 radical (unpaired) electrons. The minimum Gasteiger partial charge on any atom is -0.378 e. The molecule has 1 heterocycles. The van der Waals surface area contributed by atoms with Crippen LogP contribution < -0.4 is 15.5 Å². The van der Waals surface area contributed by atoms with Crippen molar-refractivity contribution < 1.29 is 14.3 Å². The number of benzene rings is 3. The third-order valence-electron chi connectivity index (χ3n) is 6.52. The lowest BCUT2D eigenvalue weighted by molar-refractivity contribution is -0.127. The van der Waals surface area contributed by atoms with Crippen LogP contribution in [0, 0.1) is 0 Å². The second-order valence-corrected chi connectivity index (χ2v) is 10.4. The quantitative estimate of drug-likeness (QED) is 0.317. The zero-order valence-electron chi connectivity index (χ0n) is 22.1. The van der Waals surface area contributed by atoms with Gasteiger partial charge in [0.15, 0.2) is 0 Å². The molecule has 0 spiro atoms. The highest BCUT2D eigenvalue weighted by Crippen LogP contribution is 2.47. The van der Waals surface area contributed by atoms with E-state index in [9.17, 15) is 9.59 Å². The summed E-state index contributed by atoms with van der Waals surface area (Å²) in [6, 6.07) is 26.4. The predicted octanol–water partition coefficient (Wildman–Crippen LogP) is 4.45. The van der Waals surface area contributed by atoms with Crippen LogP contribution in [0.1, 0.15) is 18.9 Å². The fourth-order valence-corrected chi connectivity index (χ4v) is 5.58. The Morgan fingerprint density at radius 2 is 1.53 bits per heavy atom. The van der Waals surface area contributed by atoms with Gasteiger partial charge in [-0.05, 0) is 43.3 Å². The predicted molar refractivity (Wildman–Crippen MR) is 153 cm³/mol. The lowest BCUT2D eigenvalue weighted by Gasteiger charge is -2.32. The molecular weight excluding hydrogens is 496 g/mol. The number of para-hydroxylation sites is 2. The third kappa shape index (κ3) is 7.60. The Balaban J connectivity index is 1.29. The van der Waals surface area contributed by atoms with Crippen LogP contribution in [0.5, 0.6) is 0 Å². The molecule has 1 unspecified atom stereocenters. The molecule has 0 aliphatic carbocycles. The average Bonchev–Trinajstić information content (AvgIpc) is 2.93. The van der Waals surface area contributed by atoms with Crippen molar-refractivity contribution in [3.05, 3.63) is 84.4 Å². The van der Waals surface area contributed by atoms with Gasteiger partial charge in [0.05, 0.1) is 30.6 Å². The van der Waals surface area contributed by atoms with Gasteiger partial charge in [-0.3, -0.25) is 14.5 Å². The zero-order valence-corrected chi connectivity index (χ0v) is 22.9. The van der Waals surface area contributed by atoms with Crippen molar-refractivity contribution in [2.24, 2.45) is 0 Å². The highest BCUT2D eigenvalue weighted by atomic mass is 32.2. The molecule has 1 aliphatic rings. The standard InChI is InChI=1S/C30H36N4O3S/c1-23(35)31-17-16-27(30(36)32-22-24-10-4-3-5-11-24)33(2)18-20-37-21-19-34-25-12-6-8-14-28(25)38-29-15-9-7-13-26(29)34/h3-15,27H,16-22H2,1-2H3,(H,31,35)(H,32,36). The van der Waals surface area contributed by atoms with Gasteiger partial charge in [0.25, 0.3) is 0 Å². The summed E-state index contributed by atoms with van der Waals surface area (Å²) < 4.78 is 6.05. The van der Waals surface area contributed by atoms with Crippen LogP contribution in [-0.4, -0.2) is 62.7 Å². The number of rotatable bonds is 13. The number of carbonyl (C=O) groups excluding carboxylic acids is 2. The lowest BCUT2D eigenvalue weighted by atomic mass is 10.1. The van der Waals surface area contributed by atoms with Crippen molar-refractivity contribution >= 4 is 35.0 Å². The van der Waals surface area contributed by atoms with Crippen LogP contribution in [0.25, 0.3) is 0 Å². The van der Waals surface area contributed by atoms with Crippen LogP contribution in [-0.2, 0) is 20.9 Å². The summed E-state index contributed by atoms with van der Waals surface area (Å²) >= 11 is 1.80. The van der Waals surface area contributed by atoms with Gasteiger partial charge in [0, 0.05) is 42.9 Å². The fraction of sp³-hybridized carbons (Fsp3) is 0.333. The molecule has 4 rings (SSSR count). The molecular formula is C30H36N4O3S. The normalized spacial score (nSPS) is 13.0. The van der Waals surface area contributed by atoms with Crippen LogP contribution in [0.3, 0.4) is 0 Å². The number of hydrogen-bond donors (Lipinski definition) is 2. The molecule has 8 heteroatoms. The van der Waals surface area contributed by atoms with Gasteiger partial charge < -0.3 is 20.3 Å². The molecule has 200 valence electrons. The van der Waals surface area contributed by atoms with E-state index >= 15 is 0 Å². The van der Waals surface area contributed by atoms with E-state index in [1.165, 1.54) is 28.1 Å². The van der Waals surface area contributed by atoms with E-state index in [1.807, 2.05) is 42.3 Å². The zero-order chi connectivity index (χ0) is 26.7. The van der Waals surface area contributed by atoms with Gasteiger partial charge in [0.1, 0.15) is 0 Å². The summed E-state index contributed by atoms with van der Waals surface area (Å²) in [5, 5.41) is 5.84. The molecule has 3 aromatic rings. The average molecular weight is 533 g/mol. The monoisotopic (exact) mass is 532 g/mol. The molecule has 2 amide bonds. The van der Waals surface area contributed by atoms with Crippen molar-refractivity contribution in [1.82, 2.24) is 15.5 Å². The van der Waals surface area contributed by atoms with E-state index in [0.29, 0.717) is 39.3 Å². The lowest BCUT2D eigenvalue weighted by Crippen LogP contribution is -2.47.